The van der Waals surface area contributed by atoms with Crippen LogP contribution in [0.2, 0.25) is 0 Å². The summed E-state index contributed by atoms with van der Waals surface area (Å²) in [6.45, 7) is 0.968. The minimum atomic E-state index is -0.900. The van der Waals surface area contributed by atoms with Crippen molar-refractivity contribution in [3.8, 4) is 5.75 Å². The third-order valence-electron chi connectivity index (χ3n) is 6.41. The molecule has 34 heavy (non-hydrogen) atoms. The van der Waals surface area contributed by atoms with E-state index in [1.165, 1.54) is 6.42 Å². The highest BCUT2D eigenvalue weighted by Crippen LogP contribution is 2.30. The molecule has 1 N–H and O–H groups in total. The summed E-state index contributed by atoms with van der Waals surface area (Å²) in [6.07, 6.45) is 11.5. The van der Waals surface area contributed by atoms with Crippen molar-refractivity contribution in [1.82, 2.24) is 9.88 Å². The Kier molecular flexibility index (Phi) is 8.32. The number of oxazole rings is 1. The number of fused-ring (bicyclic) bond motifs is 1. The van der Waals surface area contributed by atoms with E-state index in [-0.39, 0.29) is 11.8 Å². The van der Waals surface area contributed by atoms with Crippen LogP contribution in [0.3, 0.4) is 0 Å². The van der Waals surface area contributed by atoms with Gasteiger partial charge in [-0.1, -0.05) is 49.2 Å². The highest BCUT2D eigenvalue weighted by Gasteiger charge is 2.25. The van der Waals surface area contributed by atoms with Crippen molar-refractivity contribution in [3.63, 3.8) is 0 Å². The lowest BCUT2D eigenvalue weighted by atomic mass is 9.88. The molecule has 8 heteroatoms. The lowest BCUT2D eigenvalue weighted by Gasteiger charge is -2.26. The van der Waals surface area contributed by atoms with E-state index in [1.54, 1.807) is 4.90 Å². The summed E-state index contributed by atoms with van der Waals surface area (Å²) >= 11 is 1.14. The highest BCUT2D eigenvalue weighted by molar-refractivity contribution is 8.00. The number of carbonyl (C=O) groups excluding carboxylic acids is 1. The van der Waals surface area contributed by atoms with Crippen molar-refractivity contribution in [2.45, 2.75) is 61.8 Å². The number of ether oxygens (including phenoxy) is 1. The lowest BCUT2D eigenvalue weighted by Crippen LogP contribution is -2.36. The van der Waals surface area contributed by atoms with Crippen LogP contribution in [-0.4, -0.2) is 52.3 Å². The average Bonchev–Trinajstić information content (AvgIpc) is 3.27. The molecule has 0 saturated heterocycles. The number of aliphatic carboxylic acids is 1. The molecule has 1 heterocycles. The van der Waals surface area contributed by atoms with Gasteiger partial charge in [0.15, 0.2) is 0 Å². The Hall–Kier alpha value is -2.74. The van der Waals surface area contributed by atoms with Crippen LogP contribution < -0.4 is 4.74 Å². The molecule has 0 aliphatic heterocycles. The summed E-state index contributed by atoms with van der Waals surface area (Å²) in [7, 11) is 1.84. The minimum absolute atomic E-state index is 0.163. The Bertz CT molecular complexity index is 1010. The number of benzene rings is 1. The predicted octanol–water partition coefficient (Wildman–Crippen LogP) is 4.84. The van der Waals surface area contributed by atoms with Crippen LogP contribution >= 0.6 is 11.8 Å². The van der Waals surface area contributed by atoms with Crippen molar-refractivity contribution >= 4 is 29.7 Å². The molecule has 1 fully saturated rings. The molecule has 2 aliphatic carbocycles. The second-order valence-corrected chi connectivity index (χ2v) is 10.1. The molecule has 0 spiro atoms. The molecule has 1 saturated carbocycles. The normalized spacial score (nSPS) is 16.6. The van der Waals surface area contributed by atoms with Gasteiger partial charge in [-0.25, -0.2) is 4.98 Å². The highest BCUT2D eigenvalue weighted by atomic mass is 32.2. The molecule has 182 valence electrons. The maximum Gasteiger partial charge on any atom is 0.317 e. The number of rotatable bonds is 10. The van der Waals surface area contributed by atoms with Gasteiger partial charge in [0, 0.05) is 19.4 Å². The van der Waals surface area contributed by atoms with Crippen molar-refractivity contribution in [2.24, 2.45) is 5.92 Å². The smallest absolute Gasteiger partial charge is 0.317 e. The first-order valence-corrected chi connectivity index (χ1v) is 12.9. The number of carboxylic acid groups (broad SMARTS) is 1. The number of nitrogens with zero attached hydrogens (tertiary/aromatic N) is 2. The standard InChI is InChI=1S/C26H32N2O5S/c1-28(24(29)19-7-3-2-4-8-19)15-16-32-20-13-11-18(12-14-20)17-23(25(30)31)34-26-27-21-9-5-6-10-22(21)33-26/h5,9,11-14,19,23H,2-4,6-8,10,15-17H2,1H3,(H,30,31). The quantitative estimate of drug-likeness (QED) is 0.482. The van der Waals surface area contributed by atoms with Gasteiger partial charge in [0.1, 0.15) is 29.1 Å². The summed E-state index contributed by atoms with van der Waals surface area (Å²) in [6, 6.07) is 7.45. The summed E-state index contributed by atoms with van der Waals surface area (Å²) in [4.78, 5) is 30.6. The monoisotopic (exact) mass is 484 g/mol. The number of amides is 1. The van der Waals surface area contributed by atoms with E-state index in [2.05, 4.69) is 4.98 Å². The van der Waals surface area contributed by atoms with Crippen LogP contribution in [0, 0.1) is 5.92 Å². The van der Waals surface area contributed by atoms with Gasteiger partial charge in [-0.15, -0.1) is 0 Å². The first kappa shape index (κ1) is 24.4. The fraction of sp³-hybridized carbons (Fsp3) is 0.500. The SMILES string of the molecule is CN(CCOc1ccc(CC(Sc2nc3c(o2)CCC=C3)C(=O)O)cc1)C(=O)C1CCCCC1. The second kappa shape index (κ2) is 11.6. The number of carbonyl (C=O) groups is 2. The van der Waals surface area contributed by atoms with Gasteiger partial charge >= 0.3 is 5.97 Å². The van der Waals surface area contributed by atoms with E-state index in [0.29, 0.717) is 30.5 Å². The zero-order valence-corrected chi connectivity index (χ0v) is 20.4. The summed E-state index contributed by atoms with van der Waals surface area (Å²) < 4.78 is 11.6. The number of aromatic nitrogens is 1. The van der Waals surface area contributed by atoms with Crippen molar-refractivity contribution < 1.29 is 23.8 Å². The van der Waals surface area contributed by atoms with Gasteiger partial charge in [-0.05, 0) is 49.5 Å². The van der Waals surface area contributed by atoms with Crippen molar-refractivity contribution in [1.29, 1.82) is 0 Å². The largest absolute Gasteiger partial charge is 0.492 e. The van der Waals surface area contributed by atoms with E-state index in [1.807, 2.05) is 43.5 Å². The third kappa shape index (κ3) is 6.44. The molecule has 0 bridgehead atoms. The first-order chi connectivity index (χ1) is 16.5. The molecule has 2 aromatic rings. The van der Waals surface area contributed by atoms with Gasteiger partial charge in [-0.2, -0.15) is 0 Å². The Labute approximate surface area is 204 Å². The molecular formula is C26H32N2O5S. The Balaban J connectivity index is 1.25. The number of hydrogen-bond acceptors (Lipinski definition) is 6. The number of allylic oxidation sites excluding steroid dienone is 1. The van der Waals surface area contributed by atoms with E-state index in [9.17, 15) is 14.7 Å². The maximum atomic E-state index is 12.5. The molecule has 7 nitrogen and oxygen atoms in total. The Morgan fingerprint density at radius 2 is 2.00 bits per heavy atom. The zero-order valence-electron chi connectivity index (χ0n) is 19.6. The number of aryl methyl sites for hydroxylation is 1. The van der Waals surface area contributed by atoms with Gasteiger partial charge in [-0.3, -0.25) is 9.59 Å². The van der Waals surface area contributed by atoms with E-state index in [4.69, 9.17) is 9.15 Å². The van der Waals surface area contributed by atoms with Gasteiger partial charge in [0.2, 0.25) is 5.91 Å². The predicted molar refractivity (Wildman–Crippen MR) is 131 cm³/mol. The van der Waals surface area contributed by atoms with Crippen LogP contribution in [0.25, 0.3) is 6.08 Å². The van der Waals surface area contributed by atoms with E-state index >= 15 is 0 Å². The molecule has 0 radical (unpaired) electrons. The summed E-state index contributed by atoms with van der Waals surface area (Å²) in [5.41, 5.74) is 1.69. The van der Waals surface area contributed by atoms with Crippen LogP contribution in [0.5, 0.6) is 5.75 Å². The molecule has 2 aliphatic rings. The van der Waals surface area contributed by atoms with Gasteiger partial charge in [0.05, 0.1) is 6.54 Å². The number of thioether (sulfide) groups is 1. The fourth-order valence-corrected chi connectivity index (χ4v) is 5.34. The van der Waals surface area contributed by atoms with E-state index < -0.39 is 11.2 Å². The fourth-order valence-electron chi connectivity index (χ4n) is 4.42. The molecule has 1 amide bonds. The van der Waals surface area contributed by atoms with Gasteiger partial charge in [0.25, 0.3) is 5.22 Å². The summed E-state index contributed by atoms with van der Waals surface area (Å²) in [5.74, 6) is 1.01. The minimum Gasteiger partial charge on any atom is -0.492 e. The van der Waals surface area contributed by atoms with Crippen LogP contribution in [0.4, 0.5) is 0 Å². The molecule has 1 aromatic carbocycles. The van der Waals surface area contributed by atoms with Crippen molar-refractivity contribution in [3.05, 3.63) is 47.4 Å². The topological polar surface area (TPSA) is 92.9 Å². The number of hydrogen-bond donors (Lipinski definition) is 1. The first-order valence-electron chi connectivity index (χ1n) is 12.0. The second-order valence-electron chi connectivity index (χ2n) is 8.97. The number of carboxylic acids is 1. The van der Waals surface area contributed by atoms with Crippen LogP contribution in [0.15, 0.2) is 40.0 Å². The third-order valence-corrected chi connectivity index (χ3v) is 7.44. The van der Waals surface area contributed by atoms with Crippen LogP contribution in [-0.2, 0) is 22.4 Å². The molecular weight excluding hydrogens is 452 g/mol. The number of likely N-dealkylation sites (N-methyl/N-ethyl adjacent to an activating group) is 1. The lowest BCUT2D eigenvalue weighted by molar-refractivity contribution is -0.136. The Morgan fingerprint density at radius 3 is 2.71 bits per heavy atom. The molecule has 1 atom stereocenters. The van der Waals surface area contributed by atoms with E-state index in [0.717, 1.165) is 67.3 Å². The van der Waals surface area contributed by atoms with Crippen LogP contribution in [0.1, 0.15) is 55.5 Å². The van der Waals surface area contributed by atoms with Gasteiger partial charge < -0.3 is 19.2 Å². The molecule has 4 rings (SSSR count). The maximum absolute atomic E-state index is 12.5. The zero-order chi connectivity index (χ0) is 23.9. The Morgan fingerprint density at radius 1 is 1.24 bits per heavy atom. The molecule has 1 unspecified atom stereocenters. The molecule has 1 aromatic heterocycles. The summed E-state index contributed by atoms with van der Waals surface area (Å²) in [5, 5.41) is 9.40. The van der Waals surface area contributed by atoms with Crippen molar-refractivity contribution in [2.75, 3.05) is 20.2 Å². The average molecular weight is 485 g/mol.